The Hall–Kier alpha value is -0.870. The van der Waals surface area contributed by atoms with Gasteiger partial charge in [-0.05, 0) is 0 Å². The SMILES string of the molecule is N.O.c1c[nH]cn1. The van der Waals surface area contributed by atoms with E-state index in [0.29, 0.717) is 0 Å². The minimum Gasteiger partial charge on any atom is -0.412 e. The predicted molar refractivity (Wildman–Crippen MR) is 27.2 cm³/mol. The van der Waals surface area contributed by atoms with Crippen LogP contribution in [0.2, 0.25) is 0 Å². The van der Waals surface area contributed by atoms with Gasteiger partial charge in [0.15, 0.2) is 0 Å². The van der Waals surface area contributed by atoms with E-state index in [-0.39, 0.29) is 11.6 Å². The summed E-state index contributed by atoms with van der Waals surface area (Å²) in [5.74, 6) is 0. The molecule has 0 unspecified atom stereocenters. The van der Waals surface area contributed by atoms with Crippen molar-refractivity contribution in [1.29, 1.82) is 0 Å². The molecule has 1 aromatic heterocycles. The highest BCUT2D eigenvalue weighted by Gasteiger charge is 1.56. The van der Waals surface area contributed by atoms with Crippen LogP contribution in [0.15, 0.2) is 18.7 Å². The summed E-state index contributed by atoms with van der Waals surface area (Å²) in [5.41, 5.74) is 0. The van der Waals surface area contributed by atoms with Crippen LogP contribution in [0.3, 0.4) is 0 Å². The molecule has 0 aliphatic carbocycles. The Labute approximate surface area is 41.5 Å². The van der Waals surface area contributed by atoms with Gasteiger partial charge in [-0.3, -0.25) is 0 Å². The van der Waals surface area contributed by atoms with Crippen LogP contribution in [-0.4, -0.2) is 15.4 Å². The molecule has 0 fully saturated rings. The Kier molecular flexibility index (Phi) is 6.93. The normalized spacial score (nSPS) is 5.71. The minimum absolute atomic E-state index is 0. The zero-order valence-electron chi connectivity index (χ0n) is 3.89. The average Bonchev–Trinajstić information content (AvgIpc) is 1.76. The van der Waals surface area contributed by atoms with Gasteiger partial charge in [0, 0.05) is 12.4 Å². The minimum atomic E-state index is 0. The molecule has 4 nitrogen and oxygen atoms in total. The number of H-pyrrole nitrogens is 1. The lowest BCUT2D eigenvalue weighted by Crippen LogP contribution is -1.44. The molecule has 1 aromatic rings. The Bertz CT molecular complexity index is 66.7. The van der Waals surface area contributed by atoms with Crippen molar-refractivity contribution in [2.45, 2.75) is 0 Å². The van der Waals surface area contributed by atoms with Crippen molar-refractivity contribution in [3.63, 3.8) is 0 Å². The Morgan fingerprint density at radius 3 is 2.29 bits per heavy atom. The Morgan fingerprint density at radius 2 is 2.14 bits per heavy atom. The monoisotopic (exact) mass is 103 g/mol. The maximum atomic E-state index is 3.67. The number of rotatable bonds is 0. The largest absolute Gasteiger partial charge is 0.412 e. The van der Waals surface area contributed by atoms with Crippen LogP contribution in [0.5, 0.6) is 0 Å². The first kappa shape index (κ1) is 9.46. The van der Waals surface area contributed by atoms with E-state index in [1.807, 2.05) is 0 Å². The summed E-state index contributed by atoms with van der Waals surface area (Å²) < 4.78 is 0. The van der Waals surface area contributed by atoms with E-state index >= 15 is 0 Å². The Morgan fingerprint density at radius 1 is 1.43 bits per heavy atom. The van der Waals surface area contributed by atoms with Crippen LogP contribution in [0.25, 0.3) is 0 Å². The van der Waals surface area contributed by atoms with E-state index < -0.39 is 0 Å². The van der Waals surface area contributed by atoms with E-state index in [1.165, 1.54) is 0 Å². The smallest absolute Gasteiger partial charge is 0.0919 e. The van der Waals surface area contributed by atoms with Gasteiger partial charge in [-0.25, -0.2) is 4.98 Å². The molecule has 0 amide bonds. The number of aromatic nitrogens is 2. The lowest BCUT2D eigenvalue weighted by atomic mass is 11.0. The summed E-state index contributed by atoms with van der Waals surface area (Å²) in [5, 5.41) is 0. The third kappa shape index (κ3) is 2.95. The molecule has 7 heavy (non-hydrogen) atoms. The number of imidazole rings is 1. The van der Waals surface area contributed by atoms with Crippen LogP contribution < -0.4 is 6.15 Å². The Balaban J connectivity index is 0. The molecule has 0 atom stereocenters. The number of nitrogens with one attached hydrogen (secondary N) is 1. The predicted octanol–water partition coefficient (Wildman–Crippen LogP) is -0.253. The molecule has 0 spiro atoms. The van der Waals surface area contributed by atoms with E-state index in [2.05, 4.69) is 9.97 Å². The molecule has 0 aromatic carbocycles. The van der Waals surface area contributed by atoms with Gasteiger partial charge in [-0.1, -0.05) is 0 Å². The fourth-order valence-electron chi connectivity index (χ4n) is 0.215. The maximum absolute atomic E-state index is 3.67. The highest BCUT2D eigenvalue weighted by molar-refractivity contribution is 4.64. The van der Waals surface area contributed by atoms with Gasteiger partial charge < -0.3 is 16.6 Å². The van der Waals surface area contributed by atoms with Crippen molar-refractivity contribution in [2.75, 3.05) is 0 Å². The lowest BCUT2D eigenvalue weighted by Gasteiger charge is -1.46. The molecule has 1 rings (SSSR count). The number of hydrogen-bond acceptors (Lipinski definition) is 2. The summed E-state index contributed by atoms with van der Waals surface area (Å²) in [6.07, 6.45) is 5.08. The zero-order chi connectivity index (χ0) is 3.54. The van der Waals surface area contributed by atoms with Crippen molar-refractivity contribution in [2.24, 2.45) is 0 Å². The fourth-order valence-corrected chi connectivity index (χ4v) is 0.215. The molecule has 0 aliphatic heterocycles. The van der Waals surface area contributed by atoms with Crippen molar-refractivity contribution in [1.82, 2.24) is 16.1 Å². The van der Waals surface area contributed by atoms with E-state index in [9.17, 15) is 0 Å². The standard InChI is InChI=1S/C3H4N2.H3N.H2O/c1-2-5-3-4-1;;/h1-3H,(H,4,5);1H3;1H2. The molecule has 0 aliphatic rings. The quantitative estimate of drug-likeness (QED) is 0.473. The van der Waals surface area contributed by atoms with Gasteiger partial charge in [0.05, 0.1) is 6.33 Å². The molecular weight excluding hydrogens is 94.1 g/mol. The summed E-state index contributed by atoms with van der Waals surface area (Å²) in [4.78, 5) is 6.42. The van der Waals surface area contributed by atoms with Crippen molar-refractivity contribution in [3.05, 3.63) is 18.7 Å². The number of nitrogens with zero attached hydrogens (tertiary/aromatic N) is 1. The molecule has 0 radical (unpaired) electrons. The van der Waals surface area contributed by atoms with Crippen LogP contribution >= 0.6 is 0 Å². The maximum Gasteiger partial charge on any atom is 0.0919 e. The van der Waals surface area contributed by atoms with Gasteiger partial charge >= 0.3 is 0 Å². The van der Waals surface area contributed by atoms with Gasteiger partial charge in [0.2, 0.25) is 0 Å². The van der Waals surface area contributed by atoms with Crippen LogP contribution in [0, 0.1) is 0 Å². The first-order chi connectivity index (χ1) is 2.50. The fraction of sp³-hybridized carbons (Fsp3) is 0. The topological polar surface area (TPSA) is 95.2 Å². The van der Waals surface area contributed by atoms with Crippen molar-refractivity contribution in [3.8, 4) is 0 Å². The number of aromatic amines is 1. The van der Waals surface area contributed by atoms with Gasteiger partial charge in [-0.2, -0.15) is 0 Å². The van der Waals surface area contributed by atoms with Crippen molar-refractivity contribution < 1.29 is 5.48 Å². The van der Waals surface area contributed by atoms with Crippen LogP contribution in [-0.2, 0) is 0 Å². The second kappa shape index (κ2) is 5.13. The second-order valence-electron chi connectivity index (χ2n) is 0.761. The summed E-state index contributed by atoms with van der Waals surface area (Å²) in [6, 6.07) is 0. The van der Waals surface area contributed by atoms with Crippen LogP contribution in [0.4, 0.5) is 0 Å². The highest BCUT2D eigenvalue weighted by atomic mass is 16.0. The third-order valence-corrected chi connectivity index (χ3v) is 0.406. The molecule has 0 saturated heterocycles. The van der Waals surface area contributed by atoms with Gasteiger partial charge in [0.25, 0.3) is 0 Å². The second-order valence-corrected chi connectivity index (χ2v) is 0.761. The summed E-state index contributed by atoms with van der Waals surface area (Å²) in [6.45, 7) is 0. The molecule has 6 N–H and O–H groups in total. The summed E-state index contributed by atoms with van der Waals surface area (Å²) in [7, 11) is 0. The van der Waals surface area contributed by atoms with Gasteiger partial charge in [0.1, 0.15) is 0 Å². The third-order valence-electron chi connectivity index (χ3n) is 0.406. The van der Waals surface area contributed by atoms with E-state index in [1.54, 1.807) is 18.7 Å². The number of hydrogen-bond donors (Lipinski definition) is 2. The molecule has 4 heteroatoms. The van der Waals surface area contributed by atoms with E-state index in [0.717, 1.165) is 0 Å². The lowest BCUT2D eigenvalue weighted by molar-refractivity contribution is 0.824. The van der Waals surface area contributed by atoms with Crippen LogP contribution in [0.1, 0.15) is 0 Å². The first-order valence-electron chi connectivity index (χ1n) is 1.43. The molecule has 1 heterocycles. The van der Waals surface area contributed by atoms with Gasteiger partial charge in [-0.15, -0.1) is 0 Å². The molecular formula is C3H9N3O. The average molecular weight is 103 g/mol. The highest BCUT2D eigenvalue weighted by Crippen LogP contribution is 1.62. The zero-order valence-corrected chi connectivity index (χ0v) is 3.89. The van der Waals surface area contributed by atoms with Crippen molar-refractivity contribution >= 4 is 0 Å². The first-order valence-corrected chi connectivity index (χ1v) is 1.43. The van der Waals surface area contributed by atoms with E-state index in [4.69, 9.17) is 0 Å². The molecule has 42 valence electrons. The molecule has 0 bridgehead atoms. The molecule has 0 saturated carbocycles. The summed E-state index contributed by atoms with van der Waals surface area (Å²) >= 11 is 0.